The Hall–Kier alpha value is -1.75. The molecule has 1 heterocycles. The first kappa shape index (κ1) is 13.7. The van der Waals surface area contributed by atoms with E-state index >= 15 is 0 Å². The Balaban J connectivity index is 1.94. The standard InChI is InChI=1S/C14H22N4O/c1-17(2)13-4-3-9-18(10-13)14(19)16-12-7-5-11(15)6-8-12/h5-8,13H,3-4,9-10,15H2,1-2H3,(H,16,19). The summed E-state index contributed by atoms with van der Waals surface area (Å²) in [6, 6.07) is 7.63. The van der Waals surface area contributed by atoms with Crippen molar-refractivity contribution in [3.63, 3.8) is 0 Å². The molecule has 3 N–H and O–H groups in total. The number of nitrogens with two attached hydrogens (primary N) is 1. The van der Waals surface area contributed by atoms with Gasteiger partial charge in [0.15, 0.2) is 0 Å². The number of hydrogen-bond donors (Lipinski definition) is 2. The number of nitrogens with zero attached hydrogens (tertiary/aromatic N) is 2. The predicted octanol–water partition coefficient (Wildman–Crippen LogP) is 1.83. The number of urea groups is 1. The quantitative estimate of drug-likeness (QED) is 0.799. The molecule has 0 spiro atoms. The molecule has 0 aromatic heterocycles. The van der Waals surface area contributed by atoms with Crippen molar-refractivity contribution < 1.29 is 4.79 Å². The number of anilines is 2. The molecule has 1 atom stereocenters. The van der Waals surface area contributed by atoms with E-state index in [0.29, 0.717) is 11.7 Å². The van der Waals surface area contributed by atoms with Crippen molar-refractivity contribution in [3.8, 4) is 0 Å². The molecule has 0 saturated carbocycles. The third-order valence-electron chi connectivity index (χ3n) is 3.58. The van der Waals surface area contributed by atoms with Gasteiger partial charge in [-0.2, -0.15) is 0 Å². The topological polar surface area (TPSA) is 61.6 Å². The lowest BCUT2D eigenvalue weighted by Crippen LogP contribution is -2.48. The monoisotopic (exact) mass is 262 g/mol. The minimum atomic E-state index is -0.0312. The first-order valence-electron chi connectivity index (χ1n) is 6.64. The van der Waals surface area contributed by atoms with Crippen molar-refractivity contribution in [1.82, 2.24) is 9.80 Å². The van der Waals surface area contributed by atoms with Crippen LogP contribution in [0.5, 0.6) is 0 Å². The second-order valence-electron chi connectivity index (χ2n) is 5.26. The van der Waals surface area contributed by atoms with Gasteiger partial charge < -0.3 is 20.9 Å². The molecule has 1 unspecified atom stereocenters. The molecule has 0 radical (unpaired) electrons. The SMILES string of the molecule is CN(C)C1CCCN(C(=O)Nc2ccc(N)cc2)C1. The first-order chi connectivity index (χ1) is 9.06. The molecule has 1 aromatic rings. The van der Waals surface area contributed by atoms with Crippen LogP contribution in [0.2, 0.25) is 0 Å². The van der Waals surface area contributed by atoms with E-state index < -0.39 is 0 Å². The van der Waals surface area contributed by atoms with Gasteiger partial charge in [-0.3, -0.25) is 0 Å². The number of benzene rings is 1. The van der Waals surface area contributed by atoms with Crippen LogP contribution in [0.15, 0.2) is 24.3 Å². The maximum atomic E-state index is 12.2. The van der Waals surface area contributed by atoms with Crippen LogP contribution < -0.4 is 11.1 Å². The number of amides is 2. The maximum absolute atomic E-state index is 12.2. The molecule has 1 aliphatic heterocycles. The Morgan fingerprint density at radius 1 is 1.37 bits per heavy atom. The molecule has 1 aromatic carbocycles. The van der Waals surface area contributed by atoms with Crippen molar-refractivity contribution in [2.75, 3.05) is 38.2 Å². The number of hydrogen-bond acceptors (Lipinski definition) is 3. The fourth-order valence-electron chi connectivity index (χ4n) is 2.33. The summed E-state index contributed by atoms with van der Waals surface area (Å²) in [7, 11) is 4.12. The van der Waals surface area contributed by atoms with Crippen LogP contribution in [0.4, 0.5) is 16.2 Å². The molecule has 1 saturated heterocycles. The molecule has 0 aliphatic carbocycles. The molecular weight excluding hydrogens is 240 g/mol. The van der Waals surface area contributed by atoms with Gasteiger partial charge in [0, 0.05) is 30.5 Å². The lowest BCUT2D eigenvalue weighted by Gasteiger charge is -2.36. The van der Waals surface area contributed by atoms with Crippen molar-refractivity contribution in [2.24, 2.45) is 0 Å². The van der Waals surface area contributed by atoms with E-state index in [4.69, 9.17) is 5.73 Å². The summed E-state index contributed by atoms with van der Waals surface area (Å²) in [4.78, 5) is 16.2. The number of likely N-dealkylation sites (tertiary alicyclic amines) is 1. The highest BCUT2D eigenvalue weighted by molar-refractivity contribution is 5.89. The fourth-order valence-corrected chi connectivity index (χ4v) is 2.33. The van der Waals surface area contributed by atoms with E-state index in [1.165, 1.54) is 0 Å². The van der Waals surface area contributed by atoms with E-state index in [0.717, 1.165) is 31.6 Å². The number of likely N-dealkylation sites (N-methyl/N-ethyl adjacent to an activating group) is 1. The highest BCUT2D eigenvalue weighted by Gasteiger charge is 2.24. The third kappa shape index (κ3) is 3.61. The van der Waals surface area contributed by atoms with E-state index in [-0.39, 0.29) is 6.03 Å². The number of rotatable bonds is 2. The zero-order chi connectivity index (χ0) is 13.8. The highest BCUT2D eigenvalue weighted by atomic mass is 16.2. The van der Waals surface area contributed by atoms with Gasteiger partial charge in [-0.1, -0.05) is 0 Å². The van der Waals surface area contributed by atoms with E-state index in [1.807, 2.05) is 17.0 Å². The Bertz CT molecular complexity index is 430. The molecule has 2 rings (SSSR count). The summed E-state index contributed by atoms with van der Waals surface area (Å²) in [5.74, 6) is 0. The molecule has 5 nitrogen and oxygen atoms in total. The van der Waals surface area contributed by atoms with Crippen molar-refractivity contribution in [3.05, 3.63) is 24.3 Å². The molecule has 0 bridgehead atoms. The molecule has 1 aliphatic rings. The summed E-state index contributed by atoms with van der Waals surface area (Å²) >= 11 is 0. The lowest BCUT2D eigenvalue weighted by molar-refractivity contribution is 0.148. The minimum absolute atomic E-state index is 0.0312. The van der Waals surface area contributed by atoms with E-state index in [1.54, 1.807) is 12.1 Å². The minimum Gasteiger partial charge on any atom is -0.399 e. The average molecular weight is 262 g/mol. The average Bonchev–Trinajstić information content (AvgIpc) is 2.41. The van der Waals surface area contributed by atoms with Gasteiger partial charge >= 0.3 is 6.03 Å². The number of carbonyl (C=O) groups excluding carboxylic acids is 1. The third-order valence-corrected chi connectivity index (χ3v) is 3.58. The molecule has 2 amide bonds. The summed E-state index contributed by atoms with van der Waals surface area (Å²) in [6.45, 7) is 1.61. The number of carbonyl (C=O) groups is 1. The van der Waals surface area contributed by atoms with Crippen molar-refractivity contribution in [2.45, 2.75) is 18.9 Å². The highest BCUT2D eigenvalue weighted by Crippen LogP contribution is 2.16. The summed E-state index contributed by atoms with van der Waals surface area (Å²) in [5.41, 5.74) is 7.10. The van der Waals surface area contributed by atoms with Gasteiger partial charge in [0.25, 0.3) is 0 Å². The Morgan fingerprint density at radius 2 is 2.05 bits per heavy atom. The van der Waals surface area contributed by atoms with Crippen LogP contribution in [0, 0.1) is 0 Å². The molecule has 5 heteroatoms. The van der Waals surface area contributed by atoms with Gasteiger partial charge in [-0.05, 0) is 51.2 Å². The Kier molecular flexibility index (Phi) is 4.27. The maximum Gasteiger partial charge on any atom is 0.321 e. The molecule has 104 valence electrons. The normalized spacial score (nSPS) is 19.5. The predicted molar refractivity (Wildman–Crippen MR) is 78.2 cm³/mol. The summed E-state index contributed by atoms with van der Waals surface area (Å²) < 4.78 is 0. The Labute approximate surface area is 114 Å². The van der Waals surface area contributed by atoms with Crippen LogP contribution in [-0.2, 0) is 0 Å². The van der Waals surface area contributed by atoms with Crippen molar-refractivity contribution >= 4 is 17.4 Å². The van der Waals surface area contributed by atoms with Crippen LogP contribution in [0.1, 0.15) is 12.8 Å². The fraction of sp³-hybridized carbons (Fsp3) is 0.500. The first-order valence-corrected chi connectivity index (χ1v) is 6.64. The smallest absolute Gasteiger partial charge is 0.321 e. The number of piperidine rings is 1. The van der Waals surface area contributed by atoms with Gasteiger partial charge in [0.2, 0.25) is 0 Å². The van der Waals surface area contributed by atoms with Gasteiger partial charge in [0.05, 0.1) is 0 Å². The second kappa shape index (κ2) is 5.93. The van der Waals surface area contributed by atoms with Crippen LogP contribution in [0.3, 0.4) is 0 Å². The van der Waals surface area contributed by atoms with Crippen LogP contribution >= 0.6 is 0 Å². The largest absolute Gasteiger partial charge is 0.399 e. The number of nitrogen functional groups attached to an aromatic ring is 1. The molecule has 19 heavy (non-hydrogen) atoms. The summed E-state index contributed by atoms with van der Waals surface area (Å²) in [5, 5.41) is 2.91. The summed E-state index contributed by atoms with van der Waals surface area (Å²) in [6.07, 6.45) is 2.21. The zero-order valence-electron chi connectivity index (χ0n) is 11.6. The van der Waals surface area contributed by atoms with Gasteiger partial charge in [0.1, 0.15) is 0 Å². The van der Waals surface area contributed by atoms with Crippen molar-refractivity contribution in [1.29, 1.82) is 0 Å². The number of nitrogens with one attached hydrogen (secondary N) is 1. The van der Waals surface area contributed by atoms with Gasteiger partial charge in [-0.15, -0.1) is 0 Å². The molecular formula is C14H22N4O. The zero-order valence-corrected chi connectivity index (χ0v) is 11.6. The van der Waals surface area contributed by atoms with Crippen LogP contribution in [0.25, 0.3) is 0 Å². The lowest BCUT2D eigenvalue weighted by atomic mass is 10.1. The van der Waals surface area contributed by atoms with E-state index in [2.05, 4.69) is 24.3 Å². The van der Waals surface area contributed by atoms with Crippen LogP contribution in [-0.4, -0.2) is 49.1 Å². The Morgan fingerprint density at radius 3 is 2.68 bits per heavy atom. The van der Waals surface area contributed by atoms with E-state index in [9.17, 15) is 4.79 Å². The second-order valence-corrected chi connectivity index (χ2v) is 5.26. The van der Waals surface area contributed by atoms with Gasteiger partial charge in [-0.25, -0.2) is 4.79 Å². The molecule has 1 fully saturated rings.